The highest BCUT2D eigenvalue weighted by Crippen LogP contribution is 2.31. The molecule has 2 rings (SSSR count). The van der Waals surface area contributed by atoms with Gasteiger partial charge in [-0.1, -0.05) is 12.1 Å². The van der Waals surface area contributed by atoms with Crippen molar-refractivity contribution in [2.75, 3.05) is 20.3 Å². The lowest BCUT2D eigenvalue weighted by molar-refractivity contribution is -0.384. The summed E-state index contributed by atoms with van der Waals surface area (Å²) >= 11 is 0. The third kappa shape index (κ3) is 4.12. The predicted molar refractivity (Wildman–Crippen MR) is 81.8 cm³/mol. The summed E-state index contributed by atoms with van der Waals surface area (Å²) < 4.78 is 16.2. The van der Waals surface area contributed by atoms with Crippen LogP contribution in [-0.2, 0) is 0 Å². The molecule has 0 N–H and O–H groups in total. The number of nitro groups is 1. The van der Waals surface area contributed by atoms with E-state index in [4.69, 9.17) is 14.2 Å². The Bertz CT molecular complexity index is 657. The lowest BCUT2D eigenvalue weighted by Gasteiger charge is -2.11. The maximum absolute atomic E-state index is 10.7. The molecular formula is C16H17NO5. The van der Waals surface area contributed by atoms with E-state index in [2.05, 4.69) is 0 Å². The van der Waals surface area contributed by atoms with E-state index >= 15 is 0 Å². The Morgan fingerprint density at radius 3 is 2.50 bits per heavy atom. The summed E-state index contributed by atoms with van der Waals surface area (Å²) in [5.41, 5.74) is 1.08. The number of aryl methyl sites for hydroxylation is 1. The molecule has 0 bridgehead atoms. The molecule has 0 unspecified atom stereocenters. The van der Waals surface area contributed by atoms with E-state index in [1.54, 1.807) is 0 Å². The average Bonchev–Trinajstić information content (AvgIpc) is 2.51. The van der Waals surface area contributed by atoms with Crippen molar-refractivity contribution >= 4 is 5.69 Å². The fraction of sp³-hybridized carbons (Fsp3) is 0.250. The second kappa shape index (κ2) is 7.31. The first-order valence-corrected chi connectivity index (χ1v) is 6.75. The number of nitro benzene ring substituents is 1. The smallest absolute Gasteiger partial charge is 0.273 e. The molecule has 6 nitrogen and oxygen atoms in total. The van der Waals surface area contributed by atoms with E-state index in [0.29, 0.717) is 24.7 Å². The normalized spacial score (nSPS) is 10.1. The molecule has 0 aromatic heterocycles. The average molecular weight is 303 g/mol. The molecule has 0 spiro atoms. The zero-order valence-corrected chi connectivity index (χ0v) is 12.4. The number of benzene rings is 2. The van der Waals surface area contributed by atoms with Crippen molar-refractivity contribution in [2.45, 2.75) is 6.92 Å². The zero-order chi connectivity index (χ0) is 15.9. The van der Waals surface area contributed by atoms with Gasteiger partial charge in [0.2, 0.25) is 0 Å². The quantitative estimate of drug-likeness (QED) is 0.445. The Hall–Kier alpha value is -2.76. The summed E-state index contributed by atoms with van der Waals surface area (Å²) in [5.74, 6) is 1.55. The molecule has 0 aliphatic carbocycles. The predicted octanol–water partition coefficient (Wildman–Crippen LogP) is 3.37. The first kappa shape index (κ1) is 15.6. The Kier molecular flexibility index (Phi) is 5.19. The van der Waals surface area contributed by atoms with Crippen molar-refractivity contribution in [1.82, 2.24) is 0 Å². The van der Waals surface area contributed by atoms with Crippen LogP contribution < -0.4 is 14.2 Å². The van der Waals surface area contributed by atoms with Crippen LogP contribution in [0.15, 0.2) is 42.5 Å². The summed E-state index contributed by atoms with van der Waals surface area (Å²) in [6.45, 7) is 2.66. The minimum absolute atomic E-state index is 0.0415. The van der Waals surface area contributed by atoms with Crippen molar-refractivity contribution in [3.63, 3.8) is 0 Å². The van der Waals surface area contributed by atoms with E-state index in [1.165, 1.54) is 25.3 Å². The minimum atomic E-state index is -0.479. The second-order valence-corrected chi connectivity index (χ2v) is 4.61. The molecule has 0 heterocycles. The van der Waals surface area contributed by atoms with E-state index in [-0.39, 0.29) is 5.69 Å². The van der Waals surface area contributed by atoms with E-state index < -0.39 is 4.92 Å². The fourth-order valence-corrected chi connectivity index (χ4v) is 1.91. The largest absolute Gasteiger partial charge is 0.493 e. The summed E-state index contributed by atoms with van der Waals surface area (Å²) in [6.07, 6.45) is 0. The van der Waals surface area contributed by atoms with Gasteiger partial charge in [0.05, 0.1) is 18.1 Å². The highest BCUT2D eigenvalue weighted by atomic mass is 16.6. The molecule has 0 amide bonds. The summed E-state index contributed by atoms with van der Waals surface area (Å²) in [4.78, 5) is 10.2. The highest BCUT2D eigenvalue weighted by molar-refractivity contribution is 5.48. The molecule has 0 fully saturated rings. The monoisotopic (exact) mass is 303 g/mol. The van der Waals surface area contributed by atoms with Crippen LogP contribution in [0, 0.1) is 17.0 Å². The third-order valence-corrected chi connectivity index (χ3v) is 2.96. The van der Waals surface area contributed by atoms with Crippen LogP contribution in [-0.4, -0.2) is 25.2 Å². The SMILES string of the molecule is COc1cc([N+](=O)[O-])ccc1OCCOc1cccc(C)c1. The standard InChI is InChI=1S/C16H17NO5/c1-12-4-3-5-14(10-12)21-8-9-22-15-7-6-13(17(18)19)11-16(15)20-2/h3-7,10-11H,8-9H2,1-2H3. The van der Waals surface area contributed by atoms with E-state index in [0.717, 1.165) is 11.3 Å². The van der Waals surface area contributed by atoms with Crippen molar-refractivity contribution in [3.05, 3.63) is 58.1 Å². The number of hydrogen-bond donors (Lipinski definition) is 0. The van der Waals surface area contributed by atoms with Crippen molar-refractivity contribution in [1.29, 1.82) is 0 Å². The van der Waals surface area contributed by atoms with E-state index in [9.17, 15) is 10.1 Å². The molecule has 0 aliphatic heterocycles. The van der Waals surface area contributed by atoms with Gasteiger partial charge >= 0.3 is 0 Å². The second-order valence-electron chi connectivity index (χ2n) is 4.61. The molecule has 22 heavy (non-hydrogen) atoms. The molecule has 0 saturated carbocycles. The molecule has 6 heteroatoms. The number of non-ortho nitro benzene ring substituents is 1. The van der Waals surface area contributed by atoms with E-state index in [1.807, 2.05) is 31.2 Å². The molecule has 0 saturated heterocycles. The molecular weight excluding hydrogens is 286 g/mol. The van der Waals surface area contributed by atoms with Gasteiger partial charge in [0.15, 0.2) is 11.5 Å². The van der Waals surface area contributed by atoms with Gasteiger partial charge in [-0.25, -0.2) is 0 Å². The number of nitrogens with zero attached hydrogens (tertiary/aromatic N) is 1. The molecule has 2 aromatic rings. The number of ether oxygens (including phenoxy) is 3. The van der Waals surface area contributed by atoms with Crippen molar-refractivity contribution < 1.29 is 19.1 Å². The summed E-state index contributed by atoms with van der Waals surface area (Å²) in [6, 6.07) is 11.9. The number of rotatable bonds is 7. The first-order valence-electron chi connectivity index (χ1n) is 6.75. The lowest BCUT2D eigenvalue weighted by atomic mass is 10.2. The minimum Gasteiger partial charge on any atom is -0.493 e. The first-order chi connectivity index (χ1) is 10.6. The summed E-state index contributed by atoms with van der Waals surface area (Å²) in [7, 11) is 1.44. The zero-order valence-electron chi connectivity index (χ0n) is 12.4. The van der Waals surface area contributed by atoms with Gasteiger partial charge in [0, 0.05) is 6.07 Å². The van der Waals surface area contributed by atoms with Crippen LogP contribution in [0.1, 0.15) is 5.56 Å². The van der Waals surface area contributed by atoms with Crippen LogP contribution in [0.3, 0.4) is 0 Å². The molecule has 0 aliphatic rings. The van der Waals surface area contributed by atoms with Gasteiger partial charge in [-0.3, -0.25) is 10.1 Å². The Balaban J connectivity index is 1.90. The Labute approximate surface area is 128 Å². The Morgan fingerprint density at radius 1 is 1.05 bits per heavy atom. The van der Waals surface area contributed by atoms with Gasteiger partial charge in [-0.05, 0) is 30.7 Å². The van der Waals surface area contributed by atoms with Crippen LogP contribution >= 0.6 is 0 Å². The van der Waals surface area contributed by atoms with Crippen molar-refractivity contribution in [2.24, 2.45) is 0 Å². The Morgan fingerprint density at radius 2 is 1.82 bits per heavy atom. The van der Waals surface area contributed by atoms with Gasteiger partial charge < -0.3 is 14.2 Å². The third-order valence-electron chi connectivity index (χ3n) is 2.96. The maximum Gasteiger partial charge on any atom is 0.273 e. The molecule has 116 valence electrons. The van der Waals surface area contributed by atoms with Gasteiger partial charge in [0.25, 0.3) is 5.69 Å². The topological polar surface area (TPSA) is 70.8 Å². The molecule has 0 radical (unpaired) electrons. The van der Waals surface area contributed by atoms with Gasteiger partial charge in [-0.15, -0.1) is 0 Å². The highest BCUT2D eigenvalue weighted by Gasteiger charge is 2.12. The van der Waals surface area contributed by atoms with Crippen LogP contribution in [0.2, 0.25) is 0 Å². The maximum atomic E-state index is 10.7. The lowest BCUT2D eigenvalue weighted by Crippen LogP contribution is -2.09. The van der Waals surface area contributed by atoms with Crippen LogP contribution in [0.5, 0.6) is 17.2 Å². The molecule has 2 aromatic carbocycles. The van der Waals surface area contributed by atoms with Crippen LogP contribution in [0.4, 0.5) is 5.69 Å². The fourth-order valence-electron chi connectivity index (χ4n) is 1.91. The van der Waals surface area contributed by atoms with Gasteiger partial charge in [-0.2, -0.15) is 0 Å². The van der Waals surface area contributed by atoms with Gasteiger partial charge in [0.1, 0.15) is 19.0 Å². The number of methoxy groups -OCH3 is 1. The van der Waals surface area contributed by atoms with Crippen molar-refractivity contribution in [3.8, 4) is 17.2 Å². The number of hydrogen-bond acceptors (Lipinski definition) is 5. The van der Waals surface area contributed by atoms with Crippen LogP contribution in [0.25, 0.3) is 0 Å². The summed E-state index contributed by atoms with van der Waals surface area (Å²) in [5, 5.41) is 10.7. The molecule has 0 atom stereocenters.